The molecule has 0 aliphatic carbocycles. The molecule has 2 aliphatic rings. The minimum Gasteiger partial charge on any atom is -0.494 e. The molecule has 7 rings (SSSR count). The molecule has 12 heteroatoms. The average Bonchev–Trinajstić information content (AvgIpc) is 3.45. The van der Waals surface area contributed by atoms with Gasteiger partial charge in [0, 0.05) is 48.9 Å². The summed E-state index contributed by atoms with van der Waals surface area (Å²) >= 11 is 0. The molecule has 4 heterocycles. The van der Waals surface area contributed by atoms with E-state index in [1.807, 2.05) is 49.4 Å². The molecule has 1 fully saturated rings. The molecule has 2 aromatic heterocycles. The highest BCUT2D eigenvalue weighted by Gasteiger charge is 2.53. The summed E-state index contributed by atoms with van der Waals surface area (Å²) in [5, 5.41) is 10.7. The highest BCUT2D eigenvalue weighted by atomic mass is 32.2. The van der Waals surface area contributed by atoms with Gasteiger partial charge in [0.15, 0.2) is 0 Å². The zero-order valence-electron chi connectivity index (χ0n) is 24.6. The minimum atomic E-state index is -4.11. The number of hydrogen-bond acceptors (Lipinski definition) is 10. The summed E-state index contributed by atoms with van der Waals surface area (Å²) in [6, 6.07) is 24.1. The molecule has 0 saturated carbocycles. The van der Waals surface area contributed by atoms with Crippen LogP contribution in [-0.4, -0.2) is 72.6 Å². The maximum Gasteiger partial charge on any atom is 0.266 e. The third-order valence-electron chi connectivity index (χ3n) is 8.59. The molecule has 226 valence electrons. The quantitative estimate of drug-likeness (QED) is 0.264. The first-order valence-corrected chi connectivity index (χ1v) is 16.2. The molecular weight excluding hydrogens is 588 g/mol. The summed E-state index contributed by atoms with van der Waals surface area (Å²) < 4.78 is 37.2. The van der Waals surface area contributed by atoms with E-state index in [-0.39, 0.29) is 11.4 Å². The highest BCUT2D eigenvalue weighted by Crippen LogP contribution is 2.52. The van der Waals surface area contributed by atoms with Crippen LogP contribution < -0.4 is 13.9 Å². The standard InChI is InChI=1S/C33H30N8O3S/c1-2-44-29-10-4-3-9-26(29)33(40-17-15-39(16-18-40)32-37-22-35-23-38-32)21-41(28-13-12-24(20-34)19-27(28)33)45(42,43)30-11-5-7-25-8-6-14-36-31(25)30/h3-14,19,22-23H,2,15-18,21H2,1H3. The van der Waals surface area contributed by atoms with E-state index in [1.165, 1.54) is 17.0 Å². The van der Waals surface area contributed by atoms with E-state index < -0.39 is 15.6 Å². The van der Waals surface area contributed by atoms with Gasteiger partial charge in [0.2, 0.25) is 5.95 Å². The molecule has 0 amide bonds. The molecular formula is C33H30N8O3S. The summed E-state index contributed by atoms with van der Waals surface area (Å²) in [7, 11) is -4.11. The van der Waals surface area contributed by atoms with Gasteiger partial charge < -0.3 is 9.64 Å². The van der Waals surface area contributed by atoms with Crippen molar-refractivity contribution in [2.75, 3.05) is 48.5 Å². The van der Waals surface area contributed by atoms with Crippen LogP contribution in [0.5, 0.6) is 5.75 Å². The van der Waals surface area contributed by atoms with Crippen LogP contribution in [0.1, 0.15) is 23.6 Å². The molecule has 2 aliphatic heterocycles. The summed E-state index contributed by atoms with van der Waals surface area (Å²) in [4.78, 5) is 21.6. The SMILES string of the molecule is CCOc1ccccc1C1(N2CCN(c3ncncn3)CC2)CN(S(=O)(=O)c2cccc3cccnc23)c2ccc(C#N)cc21. The Bertz CT molecular complexity index is 2020. The Kier molecular flexibility index (Phi) is 7.27. The first-order chi connectivity index (χ1) is 22.0. The van der Waals surface area contributed by atoms with Gasteiger partial charge in [0.25, 0.3) is 10.0 Å². The average molecular weight is 619 g/mol. The van der Waals surface area contributed by atoms with Crippen LogP contribution in [0.3, 0.4) is 0 Å². The largest absolute Gasteiger partial charge is 0.494 e. The van der Waals surface area contributed by atoms with E-state index in [1.54, 1.807) is 36.5 Å². The molecule has 1 unspecified atom stereocenters. The summed E-state index contributed by atoms with van der Waals surface area (Å²) in [6.45, 7) is 4.81. The zero-order valence-corrected chi connectivity index (χ0v) is 25.4. The molecule has 5 aromatic rings. The number of benzene rings is 3. The monoisotopic (exact) mass is 618 g/mol. The normalized spacial score (nSPS) is 18.5. The van der Waals surface area contributed by atoms with Gasteiger partial charge in [-0.05, 0) is 43.3 Å². The molecule has 0 bridgehead atoms. The van der Waals surface area contributed by atoms with E-state index in [0.717, 1.165) is 16.5 Å². The smallest absolute Gasteiger partial charge is 0.266 e. The Morgan fingerprint density at radius 1 is 0.911 bits per heavy atom. The van der Waals surface area contributed by atoms with Crippen molar-refractivity contribution in [3.63, 3.8) is 0 Å². The molecule has 45 heavy (non-hydrogen) atoms. The minimum absolute atomic E-state index is 0.0820. The number of rotatable bonds is 7. The second-order valence-corrected chi connectivity index (χ2v) is 12.7. The number of piperazine rings is 1. The Balaban J connectivity index is 1.42. The second kappa shape index (κ2) is 11.4. The van der Waals surface area contributed by atoms with Crippen LogP contribution >= 0.6 is 0 Å². The topological polar surface area (TPSA) is 128 Å². The van der Waals surface area contributed by atoms with Crippen LogP contribution in [0, 0.1) is 11.3 Å². The van der Waals surface area contributed by atoms with E-state index in [4.69, 9.17) is 4.74 Å². The van der Waals surface area contributed by atoms with Crippen LogP contribution in [0.15, 0.2) is 96.5 Å². The number of fused-ring (bicyclic) bond motifs is 2. The van der Waals surface area contributed by atoms with Gasteiger partial charge in [0.05, 0.1) is 41.5 Å². The third kappa shape index (κ3) is 4.72. The molecule has 0 N–H and O–H groups in total. The molecule has 1 saturated heterocycles. The number of ether oxygens (including phenoxy) is 1. The van der Waals surface area contributed by atoms with Crippen molar-refractivity contribution in [3.05, 3.63) is 108 Å². The number of sulfonamides is 1. The number of aromatic nitrogens is 4. The predicted octanol–water partition coefficient (Wildman–Crippen LogP) is 3.96. The number of anilines is 2. The Morgan fingerprint density at radius 2 is 1.69 bits per heavy atom. The van der Waals surface area contributed by atoms with Gasteiger partial charge in [-0.15, -0.1) is 0 Å². The molecule has 0 radical (unpaired) electrons. The number of pyridine rings is 1. The van der Waals surface area contributed by atoms with Crippen LogP contribution in [0.2, 0.25) is 0 Å². The number of nitrogens with zero attached hydrogens (tertiary/aromatic N) is 8. The first-order valence-electron chi connectivity index (χ1n) is 14.7. The van der Waals surface area contributed by atoms with Crippen molar-refractivity contribution in [1.29, 1.82) is 5.26 Å². The lowest BCUT2D eigenvalue weighted by Gasteiger charge is -2.47. The number of hydrogen-bond donors (Lipinski definition) is 0. The van der Waals surface area contributed by atoms with Gasteiger partial charge in [-0.25, -0.2) is 23.4 Å². The Labute approximate surface area is 261 Å². The van der Waals surface area contributed by atoms with Gasteiger partial charge in [-0.1, -0.05) is 36.4 Å². The van der Waals surface area contributed by atoms with Crippen molar-refractivity contribution in [1.82, 2.24) is 24.8 Å². The Morgan fingerprint density at radius 3 is 2.47 bits per heavy atom. The van der Waals surface area contributed by atoms with Crippen molar-refractivity contribution >= 4 is 32.6 Å². The maximum atomic E-state index is 14.8. The van der Waals surface area contributed by atoms with E-state index in [2.05, 4.69) is 35.8 Å². The summed E-state index contributed by atoms with van der Waals surface area (Å²) in [5.74, 6) is 1.26. The fourth-order valence-electron chi connectivity index (χ4n) is 6.60. The predicted molar refractivity (Wildman–Crippen MR) is 169 cm³/mol. The van der Waals surface area contributed by atoms with Crippen LogP contribution in [-0.2, 0) is 15.6 Å². The van der Waals surface area contributed by atoms with Gasteiger partial charge in [0.1, 0.15) is 23.3 Å². The summed E-state index contributed by atoms with van der Waals surface area (Å²) in [6.07, 6.45) is 4.57. The lowest BCUT2D eigenvalue weighted by Crippen LogP contribution is -2.58. The third-order valence-corrected chi connectivity index (χ3v) is 10.4. The van der Waals surface area contributed by atoms with Crippen LogP contribution in [0.4, 0.5) is 11.6 Å². The highest BCUT2D eigenvalue weighted by molar-refractivity contribution is 7.93. The molecule has 0 spiro atoms. The van der Waals surface area contributed by atoms with Gasteiger partial charge in [-0.2, -0.15) is 5.26 Å². The number of nitriles is 1. The lowest BCUT2D eigenvalue weighted by molar-refractivity contribution is 0.124. The molecule has 1 atom stereocenters. The second-order valence-electron chi connectivity index (χ2n) is 10.9. The van der Waals surface area contributed by atoms with Gasteiger partial charge >= 0.3 is 0 Å². The van der Waals surface area contributed by atoms with Crippen molar-refractivity contribution in [2.45, 2.75) is 17.4 Å². The van der Waals surface area contributed by atoms with Crippen molar-refractivity contribution in [3.8, 4) is 11.8 Å². The lowest BCUT2D eigenvalue weighted by atomic mass is 9.81. The fourth-order valence-corrected chi connectivity index (χ4v) is 8.27. The van der Waals surface area contributed by atoms with E-state index in [0.29, 0.717) is 61.3 Å². The zero-order chi connectivity index (χ0) is 31.0. The van der Waals surface area contributed by atoms with Crippen LogP contribution in [0.25, 0.3) is 10.9 Å². The molecule has 3 aromatic carbocycles. The van der Waals surface area contributed by atoms with Gasteiger partial charge in [-0.3, -0.25) is 14.2 Å². The number of para-hydroxylation sites is 2. The molecule has 11 nitrogen and oxygen atoms in total. The fraction of sp³-hybridized carbons (Fsp3) is 0.242. The summed E-state index contributed by atoms with van der Waals surface area (Å²) in [5.41, 5.74) is 1.98. The Hall–Kier alpha value is -5.12. The van der Waals surface area contributed by atoms with E-state index in [9.17, 15) is 13.7 Å². The maximum absolute atomic E-state index is 14.8. The van der Waals surface area contributed by atoms with Crippen molar-refractivity contribution in [2.24, 2.45) is 0 Å². The van der Waals surface area contributed by atoms with E-state index >= 15 is 0 Å². The first kappa shape index (κ1) is 28.6. The van der Waals surface area contributed by atoms with Crippen molar-refractivity contribution < 1.29 is 13.2 Å².